The molecular formula is C14H18OS. The van der Waals surface area contributed by atoms with Crippen LogP contribution >= 0.6 is 11.3 Å². The average molecular weight is 234 g/mol. The van der Waals surface area contributed by atoms with E-state index in [1.54, 1.807) is 7.11 Å². The number of unbranched alkanes of at least 4 members (excludes halogenated alkanes) is 2. The number of aryl methyl sites for hydroxylation is 1. The van der Waals surface area contributed by atoms with E-state index in [1.807, 2.05) is 17.4 Å². The molecule has 1 heterocycles. The summed E-state index contributed by atoms with van der Waals surface area (Å²) in [5.74, 6) is 0.949. The maximum Gasteiger partial charge on any atom is 0.119 e. The molecule has 0 saturated carbocycles. The van der Waals surface area contributed by atoms with Gasteiger partial charge in [0.25, 0.3) is 0 Å². The zero-order valence-corrected chi connectivity index (χ0v) is 10.8. The minimum Gasteiger partial charge on any atom is -0.497 e. The van der Waals surface area contributed by atoms with E-state index in [1.165, 1.54) is 40.6 Å². The van der Waals surface area contributed by atoms with E-state index in [2.05, 4.69) is 25.1 Å². The molecule has 2 heteroatoms. The number of ether oxygens (including phenoxy) is 1. The molecule has 2 rings (SSSR count). The number of benzene rings is 1. The average Bonchev–Trinajstić information content (AvgIpc) is 2.70. The van der Waals surface area contributed by atoms with E-state index in [-0.39, 0.29) is 0 Å². The molecule has 2 aromatic rings. The van der Waals surface area contributed by atoms with Gasteiger partial charge in [-0.05, 0) is 42.5 Å². The number of thiophene rings is 1. The van der Waals surface area contributed by atoms with Crippen LogP contribution < -0.4 is 4.74 Å². The highest BCUT2D eigenvalue weighted by molar-refractivity contribution is 7.19. The minimum atomic E-state index is 0.949. The first-order valence-electron chi connectivity index (χ1n) is 5.90. The molecule has 0 spiro atoms. The second kappa shape index (κ2) is 5.35. The van der Waals surface area contributed by atoms with Crippen LogP contribution in [0.2, 0.25) is 0 Å². The van der Waals surface area contributed by atoms with E-state index in [0.29, 0.717) is 0 Å². The highest BCUT2D eigenvalue weighted by Gasteiger charge is 2.02. The van der Waals surface area contributed by atoms with E-state index in [4.69, 9.17) is 4.74 Å². The third-order valence-corrected chi connectivity index (χ3v) is 3.98. The Hall–Kier alpha value is -1.02. The molecule has 1 aromatic carbocycles. The first-order valence-corrected chi connectivity index (χ1v) is 6.71. The summed E-state index contributed by atoms with van der Waals surface area (Å²) >= 11 is 1.91. The molecule has 1 nitrogen and oxygen atoms in total. The van der Waals surface area contributed by atoms with Crippen molar-refractivity contribution in [2.45, 2.75) is 32.6 Å². The maximum atomic E-state index is 5.23. The van der Waals surface area contributed by atoms with Crippen LogP contribution in [0, 0.1) is 0 Å². The molecule has 86 valence electrons. The van der Waals surface area contributed by atoms with Crippen LogP contribution in [-0.2, 0) is 6.42 Å². The lowest BCUT2D eigenvalue weighted by Gasteiger charge is -1.97. The highest BCUT2D eigenvalue weighted by Crippen LogP contribution is 2.29. The van der Waals surface area contributed by atoms with Gasteiger partial charge in [-0.2, -0.15) is 0 Å². The Labute approximate surface area is 101 Å². The van der Waals surface area contributed by atoms with Crippen LogP contribution in [0.3, 0.4) is 0 Å². The third kappa shape index (κ3) is 2.56. The molecule has 0 N–H and O–H groups in total. The van der Waals surface area contributed by atoms with E-state index >= 15 is 0 Å². The molecule has 1 aromatic heterocycles. The van der Waals surface area contributed by atoms with Gasteiger partial charge >= 0.3 is 0 Å². The van der Waals surface area contributed by atoms with E-state index in [9.17, 15) is 0 Å². The van der Waals surface area contributed by atoms with Crippen LogP contribution in [0.15, 0.2) is 24.3 Å². The summed E-state index contributed by atoms with van der Waals surface area (Å²) in [4.78, 5) is 1.50. The number of hydrogen-bond donors (Lipinski definition) is 0. The van der Waals surface area contributed by atoms with Gasteiger partial charge < -0.3 is 4.74 Å². The van der Waals surface area contributed by atoms with E-state index < -0.39 is 0 Å². The number of methoxy groups -OCH3 is 1. The van der Waals surface area contributed by atoms with Crippen LogP contribution in [0.5, 0.6) is 5.75 Å². The smallest absolute Gasteiger partial charge is 0.119 e. The SMILES string of the molecule is CCCCCc1cc2cc(OC)ccc2s1. The molecule has 0 bridgehead atoms. The molecule has 0 aliphatic heterocycles. The molecule has 0 amide bonds. The summed E-state index contributed by atoms with van der Waals surface area (Å²) in [6.45, 7) is 2.25. The van der Waals surface area contributed by atoms with Crippen LogP contribution in [-0.4, -0.2) is 7.11 Å². The number of fused-ring (bicyclic) bond motifs is 1. The topological polar surface area (TPSA) is 9.23 Å². The van der Waals surface area contributed by atoms with Crippen molar-refractivity contribution in [2.24, 2.45) is 0 Å². The summed E-state index contributed by atoms with van der Waals surface area (Å²) in [7, 11) is 1.72. The van der Waals surface area contributed by atoms with Crippen LogP contribution in [0.25, 0.3) is 10.1 Å². The van der Waals surface area contributed by atoms with Crippen molar-refractivity contribution in [1.82, 2.24) is 0 Å². The fourth-order valence-electron chi connectivity index (χ4n) is 1.88. The standard InChI is InChI=1S/C14H18OS/c1-3-4-5-6-13-10-11-9-12(15-2)7-8-14(11)16-13/h7-10H,3-6H2,1-2H3. The Bertz CT molecular complexity index is 459. The van der Waals surface area contributed by atoms with Gasteiger partial charge in [-0.1, -0.05) is 19.8 Å². The summed E-state index contributed by atoms with van der Waals surface area (Å²) in [6, 6.07) is 8.62. The van der Waals surface area contributed by atoms with Gasteiger partial charge in [0, 0.05) is 9.58 Å². The van der Waals surface area contributed by atoms with Crippen molar-refractivity contribution < 1.29 is 4.74 Å². The molecule has 0 fully saturated rings. The maximum absolute atomic E-state index is 5.23. The van der Waals surface area contributed by atoms with Gasteiger partial charge in [0.1, 0.15) is 5.75 Å². The molecule has 0 aliphatic rings. The molecule has 0 radical (unpaired) electrons. The molecule has 0 unspecified atom stereocenters. The predicted molar refractivity (Wildman–Crippen MR) is 71.6 cm³/mol. The zero-order chi connectivity index (χ0) is 11.4. The molecule has 16 heavy (non-hydrogen) atoms. The van der Waals surface area contributed by atoms with Crippen LogP contribution in [0.4, 0.5) is 0 Å². The zero-order valence-electron chi connectivity index (χ0n) is 9.95. The molecular weight excluding hydrogens is 216 g/mol. The summed E-state index contributed by atoms with van der Waals surface area (Å²) < 4.78 is 6.60. The lowest BCUT2D eigenvalue weighted by atomic mass is 10.1. The molecule has 0 aliphatic carbocycles. The van der Waals surface area contributed by atoms with Gasteiger partial charge in [-0.25, -0.2) is 0 Å². The van der Waals surface area contributed by atoms with Crippen molar-refractivity contribution in [3.05, 3.63) is 29.1 Å². The first-order chi connectivity index (χ1) is 7.83. The molecule has 0 saturated heterocycles. The van der Waals surface area contributed by atoms with Crippen molar-refractivity contribution in [3.63, 3.8) is 0 Å². The predicted octanol–water partition coefficient (Wildman–Crippen LogP) is 4.64. The first kappa shape index (κ1) is 11.5. The largest absolute Gasteiger partial charge is 0.497 e. The Morgan fingerprint density at radius 3 is 2.81 bits per heavy atom. The van der Waals surface area contributed by atoms with Gasteiger partial charge in [0.15, 0.2) is 0 Å². The van der Waals surface area contributed by atoms with Gasteiger partial charge in [-0.15, -0.1) is 11.3 Å². The second-order valence-corrected chi connectivity index (χ2v) is 5.24. The fourth-order valence-corrected chi connectivity index (χ4v) is 2.96. The number of hydrogen-bond acceptors (Lipinski definition) is 2. The Morgan fingerprint density at radius 2 is 2.06 bits per heavy atom. The molecule has 0 atom stereocenters. The Balaban J connectivity index is 2.16. The summed E-state index contributed by atoms with van der Waals surface area (Å²) in [5.41, 5.74) is 0. The third-order valence-electron chi connectivity index (χ3n) is 2.80. The highest BCUT2D eigenvalue weighted by atomic mass is 32.1. The van der Waals surface area contributed by atoms with Crippen molar-refractivity contribution in [1.29, 1.82) is 0 Å². The lowest BCUT2D eigenvalue weighted by Crippen LogP contribution is -1.80. The summed E-state index contributed by atoms with van der Waals surface area (Å²) in [6.07, 6.45) is 5.15. The van der Waals surface area contributed by atoms with Gasteiger partial charge in [-0.3, -0.25) is 0 Å². The minimum absolute atomic E-state index is 0.949. The van der Waals surface area contributed by atoms with Gasteiger partial charge in [0.05, 0.1) is 7.11 Å². The van der Waals surface area contributed by atoms with Crippen molar-refractivity contribution in [2.75, 3.05) is 7.11 Å². The Kier molecular flexibility index (Phi) is 3.83. The Morgan fingerprint density at radius 1 is 1.19 bits per heavy atom. The number of rotatable bonds is 5. The van der Waals surface area contributed by atoms with Gasteiger partial charge in [0.2, 0.25) is 0 Å². The van der Waals surface area contributed by atoms with E-state index in [0.717, 1.165) is 5.75 Å². The quantitative estimate of drug-likeness (QED) is 0.685. The summed E-state index contributed by atoms with van der Waals surface area (Å²) in [5, 5.41) is 1.32. The van der Waals surface area contributed by atoms with Crippen LogP contribution in [0.1, 0.15) is 31.1 Å². The second-order valence-electron chi connectivity index (χ2n) is 4.07. The fraction of sp³-hybridized carbons (Fsp3) is 0.429. The lowest BCUT2D eigenvalue weighted by molar-refractivity contribution is 0.415. The van der Waals surface area contributed by atoms with Crippen molar-refractivity contribution >= 4 is 21.4 Å². The monoisotopic (exact) mass is 234 g/mol. The normalized spacial score (nSPS) is 10.9. The van der Waals surface area contributed by atoms with Crippen molar-refractivity contribution in [3.8, 4) is 5.75 Å².